The van der Waals surface area contributed by atoms with Crippen LogP contribution in [0.15, 0.2) is 0 Å². The van der Waals surface area contributed by atoms with Crippen molar-refractivity contribution in [3.05, 3.63) is 0 Å². The Kier molecular flexibility index (Phi) is 5.06. The lowest BCUT2D eigenvalue weighted by Crippen LogP contribution is -2.48. The van der Waals surface area contributed by atoms with Crippen LogP contribution in [-0.2, 0) is 4.79 Å². The molecule has 0 amide bonds. The van der Waals surface area contributed by atoms with Gasteiger partial charge in [-0.1, -0.05) is 38.5 Å². The summed E-state index contributed by atoms with van der Waals surface area (Å²) in [6.07, 6.45) is 12.8. The molecule has 0 heterocycles. The van der Waals surface area contributed by atoms with Crippen LogP contribution in [0.4, 0.5) is 0 Å². The third-order valence-corrected chi connectivity index (χ3v) is 6.08. The van der Waals surface area contributed by atoms with E-state index in [9.17, 15) is 9.90 Å². The third-order valence-electron chi connectivity index (χ3n) is 5.40. The van der Waals surface area contributed by atoms with Crippen molar-refractivity contribution in [3.63, 3.8) is 0 Å². The average Bonchev–Trinajstić information content (AvgIpc) is 2.42. The molecule has 0 radical (unpaired) electrons. The Bertz CT molecular complexity index is 260. The minimum atomic E-state index is -0.517. The van der Waals surface area contributed by atoms with Crippen LogP contribution in [0.1, 0.15) is 64.2 Å². The van der Waals surface area contributed by atoms with E-state index in [0.29, 0.717) is 11.8 Å². The zero-order valence-electron chi connectivity index (χ0n) is 11.4. The Hall–Kier alpha value is -0.100. The summed E-state index contributed by atoms with van der Waals surface area (Å²) in [4.78, 5) is 12.0. The minimum absolute atomic E-state index is 0.421. The van der Waals surface area contributed by atoms with Crippen LogP contribution < -0.4 is 0 Å². The Labute approximate surface area is 113 Å². The zero-order valence-corrected chi connectivity index (χ0v) is 12.5. The van der Waals surface area contributed by atoms with Crippen molar-refractivity contribution >= 4 is 15.2 Å². The summed E-state index contributed by atoms with van der Waals surface area (Å²) in [5, 5.41) is 9.91. The fourth-order valence-corrected chi connectivity index (χ4v) is 5.18. The Morgan fingerprint density at radius 3 is 1.61 bits per heavy atom. The van der Waals surface area contributed by atoms with E-state index in [1.807, 2.05) is 0 Å². The molecule has 0 aromatic carbocycles. The first-order valence-corrected chi connectivity index (χ1v) is 8.47. The van der Waals surface area contributed by atoms with Crippen LogP contribution in [0.5, 0.6) is 0 Å². The molecule has 104 valence electrons. The predicted molar refractivity (Wildman–Crippen MR) is 77.8 cm³/mol. The van der Waals surface area contributed by atoms with Crippen molar-refractivity contribution in [1.29, 1.82) is 0 Å². The maximum Gasteiger partial charge on any atom is 0.310 e. The van der Waals surface area contributed by atoms with Crippen molar-refractivity contribution in [2.75, 3.05) is 6.16 Å². The second-order valence-corrected chi connectivity index (χ2v) is 6.63. The number of carboxylic acid groups (broad SMARTS) is 1. The predicted octanol–water partition coefficient (Wildman–Crippen LogP) is 4.09. The first-order chi connectivity index (χ1) is 8.71. The molecule has 0 aromatic rings. The highest BCUT2D eigenvalue weighted by Gasteiger charge is 2.50. The molecular weight excluding hydrogens is 243 g/mol. The summed E-state index contributed by atoms with van der Waals surface area (Å²) in [7, 11) is 2.76. The van der Waals surface area contributed by atoms with Crippen LogP contribution in [0.3, 0.4) is 0 Å². The second-order valence-electron chi connectivity index (χ2n) is 6.22. The first kappa shape index (κ1) is 14.3. The maximum atomic E-state index is 12.0. The zero-order chi connectivity index (χ0) is 13.0. The molecule has 0 aromatic heterocycles. The normalized spacial score (nSPS) is 24.1. The molecule has 2 aliphatic carbocycles. The van der Waals surface area contributed by atoms with Gasteiger partial charge in [0, 0.05) is 0 Å². The molecule has 0 bridgehead atoms. The SMILES string of the molecule is O=C(O)C(CP)(C1CCCCC1)C1CCCCC1. The highest BCUT2D eigenvalue weighted by atomic mass is 31.0. The quantitative estimate of drug-likeness (QED) is 0.781. The molecule has 0 spiro atoms. The van der Waals surface area contributed by atoms with Crippen molar-refractivity contribution in [2.24, 2.45) is 17.3 Å². The van der Waals surface area contributed by atoms with Crippen molar-refractivity contribution in [3.8, 4) is 0 Å². The molecule has 18 heavy (non-hydrogen) atoms. The van der Waals surface area contributed by atoms with Crippen LogP contribution in [0.25, 0.3) is 0 Å². The van der Waals surface area contributed by atoms with E-state index in [2.05, 4.69) is 9.24 Å². The van der Waals surface area contributed by atoms with Gasteiger partial charge < -0.3 is 5.11 Å². The van der Waals surface area contributed by atoms with E-state index < -0.39 is 11.4 Å². The Morgan fingerprint density at radius 2 is 1.33 bits per heavy atom. The van der Waals surface area contributed by atoms with Crippen molar-refractivity contribution in [2.45, 2.75) is 64.2 Å². The number of rotatable bonds is 4. The molecule has 0 aliphatic heterocycles. The summed E-state index contributed by atoms with van der Waals surface area (Å²) in [5.74, 6) is 0.324. The van der Waals surface area contributed by atoms with E-state index in [4.69, 9.17) is 0 Å². The molecular formula is C15H27O2P. The van der Waals surface area contributed by atoms with Crippen molar-refractivity contribution < 1.29 is 9.90 Å². The molecule has 3 heteroatoms. The van der Waals surface area contributed by atoms with Gasteiger partial charge >= 0.3 is 5.97 Å². The molecule has 0 saturated heterocycles. The standard InChI is InChI=1S/C15H27O2P/c16-14(17)15(11-18,12-7-3-1-4-8-12)13-9-5-2-6-10-13/h12-13H,1-11,18H2,(H,16,17). The van der Waals surface area contributed by atoms with Gasteiger partial charge in [-0.05, 0) is 43.7 Å². The van der Waals surface area contributed by atoms with Gasteiger partial charge in [0.1, 0.15) is 0 Å². The molecule has 2 nitrogen and oxygen atoms in total. The topological polar surface area (TPSA) is 37.3 Å². The number of aliphatic carboxylic acids is 1. The summed E-state index contributed by atoms with van der Waals surface area (Å²) in [6, 6.07) is 0. The molecule has 1 atom stereocenters. The summed E-state index contributed by atoms with van der Waals surface area (Å²) in [5.41, 5.74) is -0.439. The largest absolute Gasteiger partial charge is 0.481 e. The van der Waals surface area contributed by atoms with Crippen LogP contribution >= 0.6 is 9.24 Å². The van der Waals surface area contributed by atoms with Crippen LogP contribution in [0, 0.1) is 17.3 Å². The van der Waals surface area contributed by atoms with Crippen LogP contribution in [0.2, 0.25) is 0 Å². The van der Waals surface area contributed by atoms with E-state index in [1.165, 1.54) is 38.5 Å². The summed E-state index contributed by atoms with van der Waals surface area (Å²) < 4.78 is 0. The average molecular weight is 270 g/mol. The number of hydrogen-bond donors (Lipinski definition) is 1. The van der Waals surface area contributed by atoms with E-state index >= 15 is 0 Å². The van der Waals surface area contributed by atoms with E-state index in [1.54, 1.807) is 0 Å². The van der Waals surface area contributed by atoms with Crippen molar-refractivity contribution in [1.82, 2.24) is 0 Å². The van der Waals surface area contributed by atoms with Gasteiger partial charge in [-0.15, -0.1) is 9.24 Å². The van der Waals surface area contributed by atoms with Gasteiger partial charge in [0.05, 0.1) is 5.41 Å². The maximum absolute atomic E-state index is 12.0. The Balaban J connectivity index is 2.22. The lowest BCUT2D eigenvalue weighted by molar-refractivity contribution is -0.157. The lowest BCUT2D eigenvalue weighted by atomic mass is 9.59. The molecule has 2 aliphatic rings. The third kappa shape index (κ3) is 2.59. The molecule has 2 saturated carbocycles. The molecule has 2 rings (SSSR count). The van der Waals surface area contributed by atoms with E-state index in [0.717, 1.165) is 31.8 Å². The fourth-order valence-electron chi connectivity index (χ4n) is 4.34. The first-order valence-electron chi connectivity index (χ1n) is 7.65. The fraction of sp³-hybridized carbons (Fsp3) is 0.933. The Morgan fingerprint density at radius 1 is 0.944 bits per heavy atom. The van der Waals surface area contributed by atoms with E-state index in [-0.39, 0.29) is 0 Å². The number of carbonyl (C=O) groups is 1. The molecule has 2 fully saturated rings. The van der Waals surface area contributed by atoms with Crippen LogP contribution in [-0.4, -0.2) is 17.2 Å². The highest BCUT2D eigenvalue weighted by molar-refractivity contribution is 7.16. The van der Waals surface area contributed by atoms with Gasteiger partial charge in [0.2, 0.25) is 0 Å². The molecule has 1 unspecified atom stereocenters. The lowest BCUT2D eigenvalue weighted by Gasteiger charge is -2.45. The smallest absolute Gasteiger partial charge is 0.310 e. The summed E-state index contributed by atoms with van der Waals surface area (Å²) >= 11 is 0. The summed E-state index contributed by atoms with van der Waals surface area (Å²) in [6.45, 7) is 0. The molecule has 1 N–H and O–H groups in total. The minimum Gasteiger partial charge on any atom is -0.481 e. The van der Waals surface area contributed by atoms with Gasteiger partial charge in [0.15, 0.2) is 0 Å². The van der Waals surface area contributed by atoms with Gasteiger partial charge in [-0.3, -0.25) is 4.79 Å². The number of hydrogen-bond acceptors (Lipinski definition) is 1. The van der Waals surface area contributed by atoms with Gasteiger partial charge in [-0.2, -0.15) is 0 Å². The monoisotopic (exact) mass is 270 g/mol. The highest BCUT2D eigenvalue weighted by Crippen LogP contribution is 2.50. The van der Waals surface area contributed by atoms with Gasteiger partial charge in [-0.25, -0.2) is 0 Å². The van der Waals surface area contributed by atoms with Gasteiger partial charge in [0.25, 0.3) is 0 Å². The number of carboxylic acids is 1. The second kappa shape index (κ2) is 6.37.